The molecule has 0 bridgehead atoms. The van der Waals surface area contributed by atoms with E-state index in [-0.39, 0.29) is 12.1 Å². The van der Waals surface area contributed by atoms with Gasteiger partial charge in [0.05, 0.1) is 6.54 Å². The predicted octanol–water partition coefficient (Wildman–Crippen LogP) is 1.87. The molecule has 0 aliphatic carbocycles. The number of hydrogen-bond donors (Lipinski definition) is 1. The van der Waals surface area contributed by atoms with Crippen molar-refractivity contribution in [2.45, 2.75) is 39.0 Å². The maximum atomic E-state index is 12.3. The van der Waals surface area contributed by atoms with Crippen molar-refractivity contribution in [3.63, 3.8) is 0 Å². The van der Waals surface area contributed by atoms with Gasteiger partial charge in [-0.05, 0) is 12.8 Å². The van der Waals surface area contributed by atoms with E-state index in [1.807, 2.05) is 20.8 Å². The van der Waals surface area contributed by atoms with E-state index in [0.717, 1.165) is 0 Å². The molecule has 1 fully saturated rings. The number of hydrogen-bond acceptors (Lipinski definition) is 2. The molecule has 1 aliphatic rings. The molecule has 2 atom stereocenters. The van der Waals surface area contributed by atoms with Crippen molar-refractivity contribution in [1.29, 1.82) is 0 Å². The fourth-order valence-electron chi connectivity index (χ4n) is 1.85. The Hall–Kier alpha value is -0.290. The first kappa shape index (κ1) is 12.8. The molecule has 5 heteroatoms. The minimum absolute atomic E-state index is 0.0402. The van der Waals surface area contributed by atoms with Crippen LogP contribution in [-0.2, 0) is 0 Å². The average Bonchev–Trinajstić information content (AvgIpc) is 2.06. The van der Waals surface area contributed by atoms with Crippen LogP contribution in [0.4, 0.5) is 13.2 Å². The quantitative estimate of drug-likeness (QED) is 0.770. The smallest absolute Gasteiger partial charge is 0.311 e. The number of piperazine rings is 1. The van der Waals surface area contributed by atoms with E-state index in [1.54, 1.807) is 0 Å². The summed E-state index contributed by atoms with van der Waals surface area (Å²) in [7, 11) is 0. The lowest BCUT2D eigenvalue weighted by Crippen LogP contribution is -2.58. The van der Waals surface area contributed by atoms with Gasteiger partial charge in [-0.2, -0.15) is 13.2 Å². The minimum atomic E-state index is -4.09. The van der Waals surface area contributed by atoms with Crippen LogP contribution in [0.5, 0.6) is 0 Å². The van der Waals surface area contributed by atoms with Gasteiger partial charge in [-0.25, -0.2) is 0 Å². The lowest BCUT2D eigenvalue weighted by molar-refractivity contribution is -0.153. The fraction of sp³-hybridized carbons (Fsp3) is 1.00. The van der Waals surface area contributed by atoms with E-state index < -0.39 is 12.7 Å². The molecule has 0 saturated carbocycles. The lowest BCUT2D eigenvalue weighted by atomic mass is 10.00. The van der Waals surface area contributed by atoms with Crippen LogP contribution in [-0.4, -0.2) is 42.8 Å². The summed E-state index contributed by atoms with van der Waals surface area (Å²) in [5, 5.41) is 3.28. The van der Waals surface area contributed by atoms with Crippen LogP contribution in [0.25, 0.3) is 0 Å². The monoisotopic (exact) mass is 224 g/mol. The first-order valence-electron chi connectivity index (χ1n) is 5.34. The molecule has 1 aliphatic heterocycles. The van der Waals surface area contributed by atoms with Crippen molar-refractivity contribution >= 4 is 0 Å². The topological polar surface area (TPSA) is 15.3 Å². The number of nitrogens with one attached hydrogen (secondary N) is 1. The summed E-state index contributed by atoms with van der Waals surface area (Å²) in [6, 6.07) is 0.130. The third-order valence-corrected chi connectivity index (χ3v) is 2.92. The molecular weight excluding hydrogens is 205 g/mol. The standard InChI is InChI=1S/C10H19F3N2/c1-7(2)9-5-15(6-10(11,12)13)8(3)4-14-9/h7-9,14H,4-6H2,1-3H3. The molecule has 1 rings (SSSR count). The van der Waals surface area contributed by atoms with Gasteiger partial charge in [-0.3, -0.25) is 4.90 Å². The zero-order valence-corrected chi connectivity index (χ0v) is 9.43. The Labute approximate surface area is 88.8 Å². The van der Waals surface area contributed by atoms with E-state index in [9.17, 15) is 13.2 Å². The fourth-order valence-corrected chi connectivity index (χ4v) is 1.85. The Morgan fingerprint density at radius 3 is 2.47 bits per heavy atom. The van der Waals surface area contributed by atoms with Crippen LogP contribution in [0.1, 0.15) is 20.8 Å². The number of rotatable bonds is 2. The lowest BCUT2D eigenvalue weighted by Gasteiger charge is -2.40. The Morgan fingerprint density at radius 2 is 2.00 bits per heavy atom. The zero-order chi connectivity index (χ0) is 11.6. The summed E-state index contributed by atoms with van der Waals surface area (Å²) in [5.41, 5.74) is 0. The SMILES string of the molecule is CC(C)C1CN(CC(F)(F)F)C(C)CN1. The summed E-state index contributed by atoms with van der Waals surface area (Å²) in [4.78, 5) is 1.52. The van der Waals surface area contributed by atoms with E-state index in [4.69, 9.17) is 0 Å². The second-order valence-corrected chi connectivity index (χ2v) is 4.65. The van der Waals surface area contributed by atoms with E-state index >= 15 is 0 Å². The third kappa shape index (κ3) is 3.99. The van der Waals surface area contributed by atoms with Gasteiger partial charge in [0.15, 0.2) is 0 Å². The summed E-state index contributed by atoms with van der Waals surface area (Å²) >= 11 is 0. The van der Waals surface area contributed by atoms with Crippen LogP contribution >= 0.6 is 0 Å². The maximum Gasteiger partial charge on any atom is 0.401 e. The van der Waals surface area contributed by atoms with Crippen LogP contribution in [0.3, 0.4) is 0 Å². The Morgan fingerprint density at radius 1 is 1.40 bits per heavy atom. The van der Waals surface area contributed by atoms with Gasteiger partial charge in [0.2, 0.25) is 0 Å². The number of nitrogens with zero attached hydrogens (tertiary/aromatic N) is 1. The third-order valence-electron chi connectivity index (χ3n) is 2.92. The highest BCUT2D eigenvalue weighted by Gasteiger charge is 2.36. The van der Waals surface area contributed by atoms with Crippen molar-refractivity contribution in [3.8, 4) is 0 Å². The number of alkyl halides is 3. The van der Waals surface area contributed by atoms with E-state index in [0.29, 0.717) is 19.0 Å². The van der Waals surface area contributed by atoms with Gasteiger partial charge < -0.3 is 5.32 Å². The van der Waals surface area contributed by atoms with Crippen LogP contribution in [0.15, 0.2) is 0 Å². The Balaban J connectivity index is 2.54. The highest BCUT2D eigenvalue weighted by molar-refractivity contribution is 4.86. The highest BCUT2D eigenvalue weighted by atomic mass is 19.4. The molecule has 0 amide bonds. The van der Waals surface area contributed by atoms with Crippen LogP contribution < -0.4 is 5.32 Å². The molecule has 90 valence electrons. The van der Waals surface area contributed by atoms with Gasteiger partial charge in [0.25, 0.3) is 0 Å². The first-order valence-corrected chi connectivity index (χ1v) is 5.34. The van der Waals surface area contributed by atoms with Crippen molar-refractivity contribution in [3.05, 3.63) is 0 Å². The molecule has 0 radical (unpaired) electrons. The van der Waals surface area contributed by atoms with Crippen molar-refractivity contribution in [1.82, 2.24) is 10.2 Å². The molecular formula is C10H19F3N2. The second kappa shape index (κ2) is 4.70. The second-order valence-electron chi connectivity index (χ2n) is 4.65. The van der Waals surface area contributed by atoms with Gasteiger partial charge in [0, 0.05) is 25.2 Å². The maximum absolute atomic E-state index is 12.3. The highest BCUT2D eigenvalue weighted by Crippen LogP contribution is 2.20. The Bertz CT molecular complexity index is 203. The number of halogens is 3. The zero-order valence-electron chi connectivity index (χ0n) is 9.43. The molecule has 0 spiro atoms. The van der Waals surface area contributed by atoms with Gasteiger partial charge >= 0.3 is 6.18 Å². The van der Waals surface area contributed by atoms with Crippen LogP contribution in [0.2, 0.25) is 0 Å². The van der Waals surface area contributed by atoms with Gasteiger partial charge in [-0.15, -0.1) is 0 Å². The molecule has 1 N–H and O–H groups in total. The molecule has 1 heterocycles. The molecule has 2 nitrogen and oxygen atoms in total. The molecule has 0 aromatic heterocycles. The van der Waals surface area contributed by atoms with Crippen molar-refractivity contribution in [2.24, 2.45) is 5.92 Å². The molecule has 2 unspecified atom stereocenters. The molecule has 0 aromatic rings. The van der Waals surface area contributed by atoms with Crippen molar-refractivity contribution in [2.75, 3.05) is 19.6 Å². The van der Waals surface area contributed by atoms with E-state index in [1.165, 1.54) is 4.90 Å². The van der Waals surface area contributed by atoms with Gasteiger partial charge in [-0.1, -0.05) is 13.8 Å². The van der Waals surface area contributed by atoms with E-state index in [2.05, 4.69) is 5.32 Å². The normalized spacial score (nSPS) is 29.8. The molecule has 0 aromatic carbocycles. The summed E-state index contributed by atoms with van der Waals surface area (Å²) in [6.07, 6.45) is -4.09. The van der Waals surface area contributed by atoms with Crippen LogP contribution in [0, 0.1) is 5.92 Å². The van der Waals surface area contributed by atoms with Crippen molar-refractivity contribution < 1.29 is 13.2 Å². The van der Waals surface area contributed by atoms with Gasteiger partial charge in [0.1, 0.15) is 0 Å². The summed E-state index contributed by atoms with van der Waals surface area (Å²) < 4.78 is 36.8. The summed E-state index contributed by atoms with van der Waals surface area (Å²) in [6.45, 7) is 6.21. The first-order chi connectivity index (χ1) is 6.79. The molecule has 15 heavy (non-hydrogen) atoms. The molecule has 1 saturated heterocycles. The Kier molecular flexibility index (Phi) is 4.00. The largest absolute Gasteiger partial charge is 0.401 e. The predicted molar refractivity (Wildman–Crippen MR) is 53.7 cm³/mol. The minimum Gasteiger partial charge on any atom is -0.311 e. The average molecular weight is 224 g/mol. The summed E-state index contributed by atoms with van der Waals surface area (Å²) in [5.74, 6) is 0.369.